The van der Waals surface area contributed by atoms with Crippen LogP contribution in [-0.4, -0.2) is 31.0 Å². The molecule has 0 aliphatic carbocycles. The van der Waals surface area contributed by atoms with Gasteiger partial charge >= 0.3 is 0 Å². The minimum atomic E-state index is 0.658. The molecular weight excluding hydrogens is 274 g/mol. The van der Waals surface area contributed by atoms with E-state index in [-0.39, 0.29) is 0 Å². The van der Waals surface area contributed by atoms with Gasteiger partial charge in [0.1, 0.15) is 5.76 Å². The van der Waals surface area contributed by atoms with E-state index in [9.17, 15) is 0 Å². The Labute approximate surface area is 131 Å². The molecule has 1 aromatic carbocycles. The quantitative estimate of drug-likeness (QED) is 0.698. The molecular formula is C18H21N3O. The second-order valence-electron chi connectivity index (χ2n) is 5.27. The van der Waals surface area contributed by atoms with Crippen molar-refractivity contribution < 1.29 is 4.42 Å². The fourth-order valence-electron chi connectivity index (χ4n) is 2.69. The molecule has 0 saturated carbocycles. The molecule has 0 bridgehead atoms. The van der Waals surface area contributed by atoms with Crippen LogP contribution in [0.3, 0.4) is 0 Å². The maximum atomic E-state index is 5.34. The summed E-state index contributed by atoms with van der Waals surface area (Å²) in [6, 6.07) is 14.4. The largest absolute Gasteiger partial charge is 0.467 e. The minimum absolute atomic E-state index is 0.658. The van der Waals surface area contributed by atoms with Crippen molar-refractivity contribution in [2.45, 2.75) is 13.0 Å². The normalized spacial score (nSPS) is 15.6. The Hall–Kier alpha value is -2.49. The standard InChI is InChI=1S/C18H21N3O/c1-19-18(20-14-17-8-5-13-22-17)21-11-9-16(10-12-21)15-6-3-2-4-7-15/h2-9,13H,10-12,14H2,1H3,(H,19,20). The van der Waals surface area contributed by atoms with Crippen LogP contribution in [0.15, 0.2) is 64.2 Å². The highest BCUT2D eigenvalue weighted by Crippen LogP contribution is 2.21. The lowest BCUT2D eigenvalue weighted by atomic mass is 10.00. The van der Waals surface area contributed by atoms with Crippen LogP contribution in [0.1, 0.15) is 17.7 Å². The third kappa shape index (κ3) is 3.39. The molecule has 22 heavy (non-hydrogen) atoms. The summed E-state index contributed by atoms with van der Waals surface area (Å²) in [4.78, 5) is 6.63. The summed E-state index contributed by atoms with van der Waals surface area (Å²) in [6.45, 7) is 2.51. The van der Waals surface area contributed by atoms with Crippen molar-refractivity contribution in [1.29, 1.82) is 0 Å². The van der Waals surface area contributed by atoms with Crippen LogP contribution in [-0.2, 0) is 6.54 Å². The van der Waals surface area contributed by atoms with E-state index in [1.807, 2.05) is 19.2 Å². The van der Waals surface area contributed by atoms with Crippen molar-refractivity contribution in [3.05, 3.63) is 66.1 Å². The number of aliphatic imine (C=N–C) groups is 1. The average molecular weight is 295 g/mol. The van der Waals surface area contributed by atoms with Gasteiger partial charge in [0.25, 0.3) is 0 Å². The van der Waals surface area contributed by atoms with Gasteiger partial charge in [-0.05, 0) is 29.7 Å². The maximum Gasteiger partial charge on any atom is 0.194 e. The molecule has 0 atom stereocenters. The van der Waals surface area contributed by atoms with Crippen LogP contribution in [0.5, 0.6) is 0 Å². The van der Waals surface area contributed by atoms with Gasteiger partial charge in [0, 0.05) is 20.1 Å². The van der Waals surface area contributed by atoms with Crippen molar-refractivity contribution in [2.75, 3.05) is 20.1 Å². The molecule has 1 aromatic heterocycles. The first-order valence-electron chi connectivity index (χ1n) is 7.59. The minimum Gasteiger partial charge on any atom is -0.467 e. The molecule has 0 radical (unpaired) electrons. The number of nitrogens with zero attached hydrogens (tertiary/aromatic N) is 2. The molecule has 1 aliphatic rings. The topological polar surface area (TPSA) is 40.8 Å². The Morgan fingerprint density at radius 2 is 2.09 bits per heavy atom. The fourth-order valence-corrected chi connectivity index (χ4v) is 2.69. The van der Waals surface area contributed by atoms with Crippen molar-refractivity contribution in [3.63, 3.8) is 0 Å². The van der Waals surface area contributed by atoms with Crippen LogP contribution in [0.4, 0.5) is 0 Å². The van der Waals surface area contributed by atoms with E-state index in [4.69, 9.17) is 4.42 Å². The molecule has 3 rings (SSSR count). The molecule has 4 nitrogen and oxygen atoms in total. The van der Waals surface area contributed by atoms with Gasteiger partial charge in [-0.2, -0.15) is 0 Å². The monoisotopic (exact) mass is 295 g/mol. The smallest absolute Gasteiger partial charge is 0.194 e. The van der Waals surface area contributed by atoms with Gasteiger partial charge in [0.2, 0.25) is 0 Å². The highest BCUT2D eigenvalue weighted by molar-refractivity contribution is 5.81. The van der Waals surface area contributed by atoms with Crippen molar-refractivity contribution in [1.82, 2.24) is 10.2 Å². The summed E-state index contributed by atoms with van der Waals surface area (Å²) >= 11 is 0. The molecule has 0 spiro atoms. The van der Waals surface area contributed by atoms with Crippen molar-refractivity contribution in [2.24, 2.45) is 4.99 Å². The Bertz CT molecular complexity index is 644. The Kier molecular flexibility index (Phi) is 4.59. The highest BCUT2D eigenvalue weighted by atomic mass is 16.3. The first-order valence-corrected chi connectivity index (χ1v) is 7.59. The number of benzene rings is 1. The number of furan rings is 1. The third-order valence-electron chi connectivity index (χ3n) is 3.87. The van der Waals surface area contributed by atoms with Gasteiger partial charge in [-0.3, -0.25) is 4.99 Å². The molecule has 0 unspecified atom stereocenters. The van der Waals surface area contributed by atoms with Crippen LogP contribution in [0, 0.1) is 0 Å². The number of guanidine groups is 1. The van der Waals surface area contributed by atoms with E-state index in [1.165, 1.54) is 11.1 Å². The average Bonchev–Trinajstić information content (AvgIpc) is 3.10. The molecule has 2 heterocycles. The third-order valence-corrected chi connectivity index (χ3v) is 3.87. The molecule has 1 N–H and O–H groups in total. The number of nitrogens with one attached hydrogen (secondary N) is 1. The van der Waals surface area contributed by atoms with Gasteiger partial charge in [0.05, 0.1) is 12.8 Å². The number of hydrogen-bond acceptors (Lipinski definition) is 2. The zero-order chi connectivity index (χ0) is 15.2. The van der Waals surface area contributed by atoms with Gasteiger partial charge in [-0.25, -0.2) is 0 Å². The zero-order valence-electron chi connectivity index (χ0n) is 12.8. The van der Waals surface area contributed by atoms with Crippen LogP contribution in [0.2, 0.25) is 0 Å². The molecule has 0 fully saturated rings. The van der Waals surface area contributed by atoms with E-state index >= 15 is 0 Å². The van der Waals surface area contributed by atoms with Crippen LogP contribution >= 0.6 is 0 Å². The summed E-state index contributed by atoms with van der Waals surface area (Å²) < 4.78 is 5.34. The lowest BCUT2D eigenvalue weighted by molar-refractivity contribution is 0.431. The molecule has 0 saturated heterocycles. The SMILES string of the molecule is CN=C(NCc1ccco1)N1CC=C(c2ccccc2)CC1. The van der Waals surface area contributed by atoms with E-state index in [2.05, 4.69) is 51.6 Å². The fraction of sp³-hybridized carbons (Fsp3) is 0.278. The Morgan fingerprint density at radius 3 is 2.73 bits per heavy atom. The Morgan fingerprint density at radius 1 is 1.23 bits per heavy atom. The predicted octanol–water partition coefficient (Wildman–Crippen LogP) is 3.14. The predicted molar refractivity (Wildman–Crippen MR) is 89.5 cm³/mol. The Balaban J connectivity index is 1.60. The van der Waals surface area contributed by atoms with E-state index in [1.54, 1.807) is 6.26 Å². The number of rotatable bonds is 3. The maximum absolute atomic E-state index is 5.34. The summed E-state index contributed by atoms with van der Waals surface area (Å²) in [5.74, 6) is 1.83. The van der Waals surface area contributed by atoms with E-state index in [0.29, 0.717) is 6.54 Å². The van der Waals surface area contributed by atoms with Gasteiger partial charge in [-0.15, -0.1) is 0 Å². The first-order chi connectivity index (χ1) is 10.9. The molecule has 114 valence electrons. The van der Waals surface area contributed by atoms with Crippen LogP contribution in [0.25, 0.3) is 5.57 Å². The molecule has 1 aliphatic heterocycles. The van der Waals surface area contributed by atoms with Gasteiger partial charge in [0.15, 0.2) is 5.96 Å². The summed E-state index contributed by atoms with van der Waals surface area (Å²) in [7, 11) is 1.82. The van der Waals surface area contributed by atoms with Gasteiger partial charge in [-0.1, -0.05) is 36.4 Å². The lowest BCUT2D eigenvalue weighted by Crippen LogP contribution is -2.43. The second kappa shape index (κ2) is 6.98. The van der Waals surface area contributed by atoms with Crippen LogP contribution < -0.4 is 5.32 Å². The van der Waals surface area contributed by atoms with Crippen molar-refractivity contribution >= 4 is 11.5 Å². The summed E-state index contributed by atoms with van der Waals surface area (Å²) in [6.07, 6.45) is 5.01. The highest BCUT2D eigenvalue weighted by Gasteiger charge is 2.16. The van der Waals surface area contributed by atoms with E-state index in [0.717, 1.165) is 31.2 Å². The lowest BCUT2D eigenvalue weighted by Gasteiger charge is -2.29. The first kappa shape index (κ1) is 14.4. The van der Waals surface area contributed by atoms with E-state index < -0.39 is 0 Å². The number of hydrogen-bond donors (Lipinski definition) is 1. The molecule has 2 aromatic rings. The summed E-state index contributed by atoms with van der Waals surface area (Å²) in [5.41, 5.74) is 2.74. The zero-order valence-corrected chi connectivity index (χ0v) is 12.8. The second-order valence-corrected chi connectivity index (χ2v) is 5.27. The molecule has 0 amide bonds. The van der Waals surface area contributed by atoms with Gasteiger partial charge < -0.3 is 14.6 Å². The summed E-state index contributed by atoms with van der Waals surface area (Å²) in [5, 5.41) is 3.35. The molecule has 4 heteroatoms. The van der Waals surface area contributed by atoms with Crippen molar-refractivity contribution in [3.8, 4) is 0 Å².